The molecular weight excluding hydrogens is 259 g/mol. The minimum absolute atomic E-state index is 0.0378. The van der Waals surface area contributed by atoms with Crippen LogP contribution in [0, 0.1) is 12.7 Å². The van der Waals surface area contributed by atoms with Crippen LogP contribution in [0.2, 0.25) is 0 Å². The van der Waals surface area contributed by atoms with E-state index >= 15 is 0 Å². The standard InChI is InChI=1S/C15H21FN2O2/c1-5-18(6-2)15(20)11(4)17-14(19)12-9-7-8-10(3)13(12)16/h7-9,11H,5-6H2,1-4H3,(H,17,19). The van der Waals surface area contributed by atoms with Crippen molar-refractivity contribution in [2.45, 2.75) is 33.7 Å². The molecular formula is C15H21FN2O2. The van der Waals surface area contributed by atoms with E-state index in [1.54, 1.807) is 30.9 Å². The summed E-state index contributed by atoms with van der Waals surface area (Å²) in [4.78, 5) is 25.7. The third kappa shape index (κ3) is 3.56. The van der Waals surface area contributed by atoms with Crippen LogP contribution >= 0.6 is 0 Å². The van der Waals surface area contributed by atoms with E-state index in [1.807, 2.05) is 13.8 Å². The summed E-state index contributed by atoms with van der Waals surface area (Å²) >= 11 is 0. The lowest BCUT2D eigenvalue weighted by Gasteiger charge is -2.23. The van der Waals surface area contributed by atoms with E-state index in [0.29, 0.717) is 18.7 Å². The van der Waals surface area contributed by atoms with Crippen molar-refractivity contribution in [1.29, 1.82) is 0 Å². The number of benzene rings is 1. The van der Waals surface area contributed by atoms with Gasteiger partial charge in [-0.3, -0.25) is 9.59 Å². The van der Waals surface area contributed by atoms with Crippen LogP contribution in [0.15, 0.2) is 18.2 Å². The summed E-state index contributed by atoms with van der Waals surface area (Å²) in [6, 6.07) is 3.94. The lowest BCUT2D eigenvalue weighted by molar-refractivity contribution is -0.132. The van der Waals surface area contributed by atoms with Gasteiger partial charge in [-0.15, -0.1) is 0 Å². The van der Waals surface area contributed by atoms with E-state index < -0.39 is 17.8 Å². The van der Waals surface area contributed by atoms with Gasteiger partial charge in [0.05, 0.1) is 5.56 Å². The molecule has 0 spiro atoms. The van der Waals surface area contributed by atoms with Crippen molar-refractivity contribution in [3.05, 3.63) is 35.1 Å². The van der Waals surface area contributed by atoms with Gasteiger partial charge in [0.15, 0.2) is 0 Å². The molecule has 0 saturated carbocycles. The van der Waals surface area contributed by atoms with E-state index in [1.165, 1.54) is 6.07 Å². The molecule has 0 aliphatic rings. The molecule has 1 N–H and O–H groups in total. The van der Waals surface area contributed by atoms with Crippen LogP contribution in [0.3, 0.4) is 0 Å². The number of hydrogen-bond donors (Lipinski definition) is 1. The Balaban J connectivity index is 2.80. The average molecular weight is 280 g/mol. The molecule has 2 amide bonds. The molecule has 1 rings (SSSR count). The number of halogens is 1. The smallest absolute Gasteiger partial charge is 0.254 e. The first-order valence-corrected chi connectivity index (χ1v) is 6.77. The van der Waals surface area contributed by atoms with Gasteiger partial charge >= 0.3 is 0 Å². The molecule has 110 valence electrons. The zero-order chi connectivity index (χ0) is 15.3. The highest BCUT2D eigenvalue weighted by Gasteiger charge is 2.22. The highest BCUT2D eigenvalue weighted by Crippen LogP contribution is 2.12. The second kappa shape index (κ2) is 7.03. The number of likely N-dealkylation sites (N-methyl/N-ethyl adjacent to an activating group) is 1. The zero-order valence-corrected chi connectivity index (χ0v) is 12.4. The molecule has 4 nitrogen and oxygen atoms in total. The van der Waals surface area contributed by atoms with Crippen molar-refractivity contribution in [2.75, 3.05) is 13.1 Å². The highest BCUT2D eigenvalue weighted by molar-refractivity contribution is 5.97. The van der Waals surface area contributed by atoms with Crippen LogP contribution in [-0.2, 0) is 4.79 Å². The Labute approximate surface area is 119 Å². The number of nitrogens with one attached hydrogen (secondary N) is 1. The second-order valence-corrected chi connectivity index (χ2v) is 4.64. The molecule has 1 unspecified atom stereocenters. The molecule has 0 aliphatic carbocycles. The molecule has 20 heavy (non-hydrogen) atoms. The van der Waals surface area contributed by atoms with Gasteiger partial charge in [-0.1, -0.05) is 12.1 Å². The molecule has 0 aliphatic heterocycles. The molecule has 1 atom stereocenters. The molecule has 1 aromatic rings. The number of rotatable bonds is 5. The first-order valence-electron chi connectivity index (χ1n) is 6.77. The van der Waals surface area contributed by atoms with Crippen molar-refractivity contribution in [3.63, 3.8) is 0 Å². The number of amides is 2. The molecule has 1 aromatic carbocycles. The van der Waals surface area contributed by atoms with Gasteiger partial charge in [-0.2, -0.15) is 0 Å². The number of carbonyl (C=O) groups excluding carboxylic acids is 2. The number of hydrogen-bond acceptors (Lipinski definition) is 2. The highest BCUT2D eigenvalue weighted by atomic mass is 19.1. The van der Waals surface area contributed by atoms with Crippen molar-refractivity contribution in [3.8, 4) is 0 Å². The first kappa shape index (κ1) is 16.1. The van der Waals surface area contributed by atoms with Crippen LogP contribution in [0.4, 0.5) is 4.39 Å². The third-order valence-corrected chi connectivity index (χ3v) is 3.23. The molecule has 0 saturated heterocycles. The summed E-state index contributed by atoms with van der Waals surface area (Å²) in [7, 11) is 0. The van der Waals surface area contributed by atoms with Gasteiger partial charge in [0.2, 0.25) is 5.91 Å². The Bertz CT molecular complexity index is 499. The SMILES string of the molecule is CCN(CC)C(=O)C(C)NC(=O)c1cccc(C)c1F. The second-order valence-electron chi connectivity index (χ2n) is 4.64. The maximum atomic E-state index is 13.8. The minimum Gasteiger partial charge on any atom is -0.341 e. The van der Waals surface area contributed by atoms with Crippen molar-refractivity contribution in [1.82, 2.24) is 10.2 Å². The van der Waals surface area contributed by atoms with E-state index in [0.717, 1.165) is 0 Å². The third-order valence-electron chi connectivity index (χ3n) is 3.23. The quantitative estimate of drug-likeness (QED) is 0.898. The van der Waals surface area contributed by atoms with Crippen LogP contribution < -0.4 is 5.32 Å². The number of carbonyl (C=O) groups is 2. The fraction of sp³-hybridized carbons (Fsp3) is 0.467. The average Bonchev–Trinajstić information content (AvgIpc) is 2.42. The minimum atomic E-state index is -0.678. The monoisotopic (exact) mass is 280 g/mol. The summed E-state index contributed by atoms with van der Waals surface area (Å²) in [6.07, 6.45) is 0. The van der Waals surface area contributed by atoms with Gasteiger partial charge in [-0.05, 0) is 39.3 Å². The van der Waals surface area contributed by atoms with Crippen molar-refractivity contribution >= 4 is 11.8 Å². The van der Waals surface area contributed by atoms with Crippen LogP contribution in [0.25, 0.3) is 0 Å². The summed E-state index contributed by atoms with van der Waals surface area (Å²) in [6.45, 7) is 8.10. The van der Waals surface area contributed by atoms with Crippen LogP contribution in [0.1, 0.15) is 36.7 Å². The van der Waals surface area contributed by atoms with E-state index in [2.05, 4.69) is 5.32 Å². The van der Waals surface area contributed by atoms with E-state index in [9.17, 15) is 14.0 Å². The topological polar surface area (TPSA) is 49.4 Å². The predicted octanol–water partition coefficient (Wildman–Crippen LogP) is 2.12. The lowest BCUT2D eigenvalue weighted by atomic mass is 10.1. The maximum Gasteiger partial charge on any atom is 0.254 e. The molecule has 0 heterocycles. The summed E-state index contributed by atoms with van der Waals surface area (Å²) < 4.78 is 13.8. The molecule has 0 radical (unpaired) electrons. The van der Waals surface area contributed by atoms with Crippen LogP contribution in [-0.4, -0.2) is 35.8 Å². The molecule has 0 aromatic heterocycles. The normalized spacial score (nSPS) is 11.8. The van der Waals surface area contributed by atoms with Gasteiger partial charge in [0.25, 0.3) is 5.91 Å². The van der Waals surface area contributed by atoms with Gasteiger partial charge < -0.3 is 10.2 Å². The predicted molar refractivity (Wildman–Crippen MR) is 76.0 cm³/mol. The van der Waals surface area contributed by atoms with Gasteiger partial charge in [-0.25, -0.2) is 4.39 Å². The van der Waals surface area contributed by atoms with Crippen molar-refractivity contribution in [2.24, 2.45) is 0 Å². The van der Waals surface area contributed by atoms with Gasteiger partial charge in [0, 0.05) is 13.1 Å². The maximum absolute atomic E-state index is 13.8. The van der Waals surface area contributed by atoms with E-state index in [4.69, 9.17) is 0 Å². The van der Waals surface area contributed by atoms with Crippen LogP contribution in [0.5, 0.6) is 0 Å². The summed E-state index contributed by atoms with van der Waals surface area (Å²) in [5, 5.41) is 2.54. The summed E-state index contributed by atoms with van der Waals surface area (Å²) in [5.74, 6) is -1.29. The number of nitrogens with zero attached hydrogens (tertiary/aromatic N) is 1. The molecule has 5 heteroatoms. The van der Waals surface area contributed by atoms with Crippen molar-refractivity contribution < 1.29 is 14.0 Å². The molecule has 0 bridgehead atoms. The Hall–Kier alpha value is -1.91. The Morgan fingerprint density at radius 2 is 1.90 bits per heavy atom. The van der Waals surface area contributed by atoms with E-state index in [-0.39, 0.29) is 11.5 Å². The number of aryl methyl sites for hydroxylation is 1. The fourth-order valence-electron chi connectivity index (χ4n) is 1.97. The fourth-order valence-corrected chi connectivity index (χ4v) is 1.97. The molecule has 0 fully saturated rings. The first-order chi connectivity index (χ1) is 9.42. The lowest BCUT2D eigenvalue weighted by Crippen LogP contribution is -2.47. The Morgan fingerprint density at radius 1 is 1.30 bits per heavy atom. The largest absolute Gasteiger partial charge is 0.341 e. The zero-order valence-electron chi connectivity index (χ0n) is 12.4. The van der Waals surface area contributed by atoms with Gasteiger partial charge in [0.1, 0.15) is 11.9 Å². The Kier molecular flexibility index (Phi) is 5.67. The Morgan fingerprint density at radius 3 is 2.45 bits per heavy atom. The summed E-state index contributed by atoms with van der Waals surface area (Å²) in [5.41, 5.74) is 0.365.